The summed E-state index contributed by atoms with van der Waals surface area (Å²) in [6, 6.07) is 2.97. The van der Waals surface area contributed by atoms with Crippen molar-refractivity contribution in [3.05, 3.63) is 34.4 Å². The van der Waals surface area contributed by atoms with Crippen molar-refractivity contribution in [2.24, 2.45) is 5.73 Å². The van der Waals surface area contributed by atoms with Crippen LogP contribution in [0.5, 0.6) is 0 Å². The minimum absolute atomic E-state index is 0.231. The minimum atomic E-state index is -0.990. The molecule has 0 atom stereocenters. The molecule has 1 aromatic carbocycles. The first-order valence-electron chi connectivity index (χ1n) is 9.43. The van der Waals surface area contributed by atoms with E-state index in [1.54, 1.807) is 13.8 Å². The summed E-state index contributed by atoms with van der Waals surface area (Å²) in [5.74, 6) is -1.54. The van der Waals surface area contributed by atoms with Gasteiger partial charge in [0.15, 0.2) is 0 Å². The highest BCUT2D eigenvalue weighted by molar-refractivity contribution is 5.96. The van der Waals surface area contributed by atoms with Crippen molar-refractivity contribution < 1.29 is 29.0 Å². The molecule has 0 aliphatic heterocycles. The monoisotopic (exact) mass is 409 g/mol. The Kier molecular flexibility index (Phi) is 11.1. The Labute approximate surface area is 171 Å². The second-order valence-corrected chi connectivity index (χ2v) is 6.13. The van der Waals surface area contributed by atoms with Gasteiger partial charge < -0.3 is 25.4 Å². The van der Waals surface area contributed by atoms with E-state index in [2.05, 4.69) is 0 Å². The van der Waals surface area contributed by atoms with Gasteiger partial charge >= 0.3 is 18.2 Å². The van der Waals surface area contributed by atoms with Gasteiger partial charge in [-0.2, -0.15) is 0 Å². The molecule has 29 heavy (non-hydrogen) atoms. The number of ether oxygens (including phenoxy) is 1. The molecule has 3 N–H and O–H groups in total. The zero-order chi connectivity index (χ0) is 22.7. The number of aryl methyl sites for hydroxylation is 2. The second-order valence-electron chi connectivity index (χ2n) is 6.13. The third-order valence-electron chi connectivity index (χ3n) is 4.25. The first kappa shape index (κ1) is 25.9. The van der Waals surface area contributed by atoms with E-state index < -0.39 is 24.1 Å². The third-order valence-corrected chi connectivity index (χ3v) is 4.25. The van der Waals surface area contributed by atoms with Crippen LogP contribution in [0.1, 0.15) is 59.5 Å². The van der Waals surface area contributed by atoms with Gasteiger partial charge in [0.25, 0.3) is 0 Å². The van der Waals surface area contributed by atoms with Gasteiger partial charge in [0.1, 0.15) is 0 Å². The molecule has 0 aromatic heterocycles. The van der Waals surface area contributed by atoms with E-state index in [0.29, 0.717) is 42.9 Å². The summed E-state index contributed by atoms with van der Waals surface area (Å²) < 4.78 is 4.71. The maximum absolute atomic E-state index is 11.4. The van der Waals surface area contributed by atoms with Crippen molar-refractivity contribution in [1.29, 1.82) is 0 Å². The molecule has 0 fully saturated rings. The lowest BCUT2D eigenvalue weighted by Gasteiger charge is -2.21. The fourth-order valence-electron chi connectivity index (χ4n) is 2.61. The summed E-state index contributed by atoms with van der Waals surface area (Å²) in [5.41, 5.74) is 6.76. The van der Waals surface area contributed by atoms with Gasteiger partial charge in [-0.3, -0.25) is 4.79 Å². The summed E-state index contributed by atoms with van der Waals surface area (Å²) in [6.45, 7) is 12.8. The van der Waals surface area contributed by atoms with Crippen LogP contribution in [0.3, 0.4) is 0 Å². The fourth-order valence-corrected chi connectivity index (χ4v) is 2.61. The highest BCUT2D eigenvalue weighted by atomic mass is 16.6. The Balaban J connectivity index is 0.000000541. The normalized spacial score (nSPS) is 9.72. The van der Waals surface area contributed by atoms with Crippen LogP contribution < -0.4 is 5.73 Å². The van der Waals surface area contributed by atoms with E-state index in [-0.39, 0.29) is 5.56 Å². The van der Waals surface area contributed by atoms with Crippen LogP contribution in [0.2, 0.25) is 0 Å². The van der Waals surface area contributed by atoms with Crippen LogP contribution in [0, 0.1) is 13.8 Å². The van der Waals surface area contributed by atoms with E-state index in [9.17, 15) is 19.2 Å². The lowest BCUT2D eigenvalue weighted by molar-refractivity contribution is 0.0694. The fraction of sp³-hybridized carbons (Fsp3) is 0.500. The van der Waals surface area contributed by atoms with Gasteiger partial charge in [-0.15, -0.1) is 0 Å². The maximum Gasteiger partial charge on any atom is 0.418 e. The summed E-state index contributed by atoms with van der Waals surface area (Å²) >= 11 is 0. The number of carboxylic acid groups (broad SMARTS) is 1. The van der Waals surface area contributed by atoms with Crippen LogP contribution in [0.25, 0.3) is 0 Å². The molecule has 3 amide bonds. The summed E-state index contributed by atoms with van der Waals surface area (Å²) in [4.78, 5) is 47.4. The molecule has 0 spiro atoms. The van der Waals surface area contributed by atoms with Crippen molar-refractivity contribution in [3.63, 3.8) is 0 Å². The highest BCUT2D eigenvalue weighted by Gasteiger charge is 2.19. The zero-order valence-corrected chi connectivity index (χ0v) is 17.9. The largest absolute Gasteiger partial charge is 0.478 e. The number of amides is 3. The van der Waals surface area contributed by atoms with Gasteiger partial charge in [0.2, 0.25) is 5.91 Å². The van der Waals surface area contributed by atoms with Crippen LogP contribution in [0.4, 0.5) is 9.59 Å². The van der Waals surface area contributed by atoms with Gasteiger partial charge in [0, 0.05) is 31.7 Å². The van der Waals surface area contributed by atoms with Gasteiger partial charge in [0.05, 0.1) is 5.56 Å². The summed E-state index contributed by atoms with van der Waals surface area (Å²) in [7, 11) is 0. The number of hydrogen-bond donors (Lipinski definition) is 2. The van der Waals surface area contributed by atoms with Gasteiger partial charge in [-0.05, 0) is 64.8 Å². The minimum Gasteiger partial charge on any atom is -0.478 e. The molecular formula is C20H31N3O6. The second kappa shape index (κ2) is 12.4. The third kappa shape index (κ3) is 7.81. The molecule has 162 valence electrons. The van der Waals surface area contributed by atoms with Gasteiger partial charge in [-0.25, -0.2) is 14.4 Å². The Morgan fingerprint density at radius 1 is 0.862 bits per heavy atom. The van der Waals surface area contributed by atoms with Crippen LogP contribution >= 0.6 is 0 Å². The van der Waals surface area contributed by atoms with E-state index in [1.807, 2.05) is 27.7 Å². The van der Waals surface area contributed by atoms with Gasteiger partial charge in [-0.1, -0.05) is 0 Å². The molecule has 9 nitrogen and oxygen atoms in total. The maximum atomic E-state index is 11.4. The van der Waals surface area contributed by atoms with Crippen molar-refractivity contribution in [3.8, 4) is 0 Å². The molecule has 0 unspecified atom stereocenters. The topological polar surface area (TPSA) is 130 Å². The number of nitrogens with zero attached hydrogens (tertiary/aromatic N) is 2. The molecule has 0 heterocycles. The quantitative estimate of drug-likeness (QED) is 0.695. The number of carbonyl (C=O) groups excluding carboxylic acids is 3. The molecule has 0 aliphatic rings. The first-order chi connectivity index (χ1) is 13.5. The Morgan fingerprint density at radius 2 is 1.21 bits per heavy atom. The predicted octanol–water partition coefficient (Wildman–Crippen LogP) is 3.03. The standard InChI is InChI=1S/C10H20N2O3.C10H11NO3/c1-5-11(6-2)9(13)15-10(14)12(7-3)8-4;1-5-3-7(9(11)12)4-6(2)8(5)10(13)14/h5-8H2,1-4H3;3-4H,1-2H3,(H2,11,12)(H,13,14). The molecule has 9 heteroatoms. The molecule has 0 bridgehead atoms. The summed E-state index contributed by atoms with van der Waals surface area (Å²) in [6.07, 6.45) is -1.14. The molecular weight excluding hydrogens is 378 g/mol. The molecule has 1 rings (SSSR count). The lowest BCUT2D eigenvalue weighted by Crippen LogP contribution is -2.38. The smallest absolute Gasteiger partial charge is 0.418 e. The van der Waals surface area contributed by atoms with Crippen LogP contribution in [-0.2, 0) is 4.74 Å². The van der Waals surface area contributed by atoms with E-state index in [4.69, 9.17) is 15.6 Å². The van der Waals surface area contributed by atoms with Crippen molar-refractivity contribution in [1.82, 2.24) is 9.80 Å². The number of carbonyl (C=O) groups is 4. The summed E-state index contributed by atoms with van der Waals surface area (Å²) in [5, 5.41) is 8.86. The number of nitrogens with two attached hydrogens (primary N) is 1. The molecule has 0 radical (unpaired) electrons. The first-order valence-corrected chi connectivity index (χ1v) is 9.43. The molecule has 1 aromatic rings. The van der Waals surface area contributed by atoms with Crippen molar-refractivity contribution in [2.75, 3.05) is 26.2 Å². The average molecular weight is 409 g/mol. The molecule has 0 saturated carbocycles. The Hall–Kier alpha value is -3.10. The number of rotatable bonds is 6. The zero-order valence-electron chi connectivity index (χ0n) is 17.9. The Morgan fingerprint density at radius 3 is 1.45 bits per heavy atom. The lowest BCUT2D eigenvalue weighted by atomic mass is 9.99. The van der Waals surface area contributed by atoms with Crippen LogP contribution in [-0.4, -0.2) is 65.1 Å². The van der Waals surface area contributed by atoms with Crippen LogP contribution in [0.15, 0.2) is 12.1 Å². The Bertz CT molecular complexity index is 695. The number of hydrogen-bond acceptors (Lipinski definition) is 5. The predicted molar refractivity (Wildman–Crippen MR) is 109 cm³/mol. The number of benzene rings is 1. The van der Waals surface area contributed by atoms with Crippen molar-refractivity contribution >= 4 is 24.1 Å². The highest BCUT2D eigenvalue weighted by Crippen LogP contribution is 2.16. The molecule has 0 aliphatic carbocycles. The number of carboxylic acids is 1. The van der Waals surface area contributed by atoms with E-state index in [0.717, 1.165) is 0 Å². The van der Waals surface area contributed by atoms with E-state index >= 15 is 0 Å². The van der Waals surface area contributed by atoms with E-state index in [1.165, 1.54) is 21.9 Å². The number of aromatic carboxylic acids is 1. The average Bonchev–Trinajstić information content (AvgIpc) is 2.63. The number of primary amides is 1. The SMILES string of the molecule is CCN(CC)C(=O)OC(=O)N(CC)CC.Cc1cc(C(N)=O)cc(C)c1C(=O)O. The molecule has 0 saturated heterocycles. The van der Waals surface area contributed by atoms with Crippen molar-refractivity contribution in [2.45, 2.75) is 41.5 Å².